The molecule has 0 saturated heterocycles. The Balaban J connectivity index is 2.46. The van der Waals surface area contributed by atoms with Crippen LogP contribution in [0, 0.1) is 0 Å². The zero-order chi connectivity index (χ0) is 10.4. The van der Waals surface area contributed by atoms with Crippen molar-refractivity contribution in [1.29, 1.82) is 0 Å². The molecule has 0 amide bonds. The summed E-state index contributed by atoms with van der Waals surface area (Å²) in [5.41, 5.74) is 0.914. The van der Waals surface area contributed by atoms with E-state index in [1.165, 1.54) is 4.68 Å². The molecule has 0 aliphatic carbocycles. The predicted octanol–water partition coefficient (Wildman–Crippen LogP) is 0.794. The van der Waals surface area contributed by atoms with Crippen LogP contribution in [0.1, 0.15) is 26.0 Å². The summed E-state index contributed by atoms with van der Waals surface area (Å²) in [5.74, 6) is -0.277. The molecule has 78 valence electrons. The summed E-state index contributed by atoms with van der Waals surface area (Å²) in [6.07, 6.45) is 3.70. The number of carbonyl (C=O) groups excluding carboxylic acids is 1. The highest BCUT2D eigenvalue weighted by atomic mass is 16.5. The lowest BCUT2D eigenvalue weighted by Gasteiger charge is -1.99. The van der Waals surface area contributed by atoms with Gasteiger partial charge in [-0.2, -0.15) is 0 Å². The van der Waals surface area contributed by atoms with E-state index in [0.717, 1.165) is 18.5 Å². The maximum Gasteiger partial charge on any atom is 0.327 e. The van der Waals surface area contributed by atoms with Gasteiger partial charge in [0.05, 0.1) is 12.3 Å². The Hall–Kier alpha value is -1.39. The molecular weight excluding hydrogens is 182 g/mol. The van der Waals surface area contributed by atoms with E-state index >= 15 is 0 Å². The Morgan fingerprint density at radius 1 is 1.57 bits per heavy atom. The molecule has 5 nitrogen and oxygen atoms in total. The number of rotatable bonds is 5. The van der Waals surface area contributed by atoms with Gasteiger partial charge in [-0.3, -0.25) is 4.79 Å². The fraction of sp³-hybridized carbons (Fsp3) is 0.667. The average molecular weight is 197 g/mol. The third kappa shape index (κ3) is 3.16. The summed E-state index contributed by atoms with van der Waals surface area (Å²) in [6, 6.07) is 0. The van der Waals surface area contributed by atoms with E-state index in [4.69, 9.17) is 4.74 Å². The zero-order valence-corrected chi connectivity index (χ0v) is 8.56. The van der Waals surface area contributed by atoms with E-state index in [1.54, 1.807) is 13.1 Å². The van der Waals surface area contributed by atoms with Crippen LogP contribution in [0.4, 0.5) is 0 Å². The van der Waals surface area contributed by atoms with Crippen molar-refractivity contribution >= 4 is 5.97 Å². The lowest BCUT2D eigenvalue weighted by molar-refractivity contribution is -0.144. The van der Waals surface area contributed by atoms with Gasteiger partial charge < -0.3 is 4.74 Å². The van der Waals surface area contributed by atoms with Crippen molar-refractivity contribution < 1.29 is 9.53 Å². The van der Waals surface area contributed by atoms with Crippen LogP contribution >= 0.6 is 0 Å². The van der Waals surface area contributed by atoms with Gasteiger partial charge in [0.1, 0.15) is 6.54 Å². The van der Waals surface area contributed by atoms with E-state index in [2.05, 4.69) is 17.2 Å². The smallest absolute Gasteiger partial charge is 0.327 e. The van der Waals surface area contributed by atoms with E-state index < -0.39 is 0 Å². The van der Waals surface area contributed by atoms with Gasteiger partial charge in [-0.05, 0) is 13.3 Å². The minimum absolute atomic E-state index is 0.143. The van der Waals surface area contributed by atoms with Crippen LogP contribution in [-0.2, 0) is 22.5 Å². The molecule has 0 aromatic carbocycles. The fourth-order valence-electron chi connectivity index (χ4n) is 1.13. The summed E-state index contributed by atoms with van der Waals surface area (Å²) in [4.78, 5) is 11.1. The summed E-state index contributed by atoms with van der Waals surface area (Å²) >= 11 is 0. The lowest BCUT2D eigenvalue weighted by atomic mass is 10.3. The first-order valence-corrected chi connectivity index (χ1v) is 4.80. The molecule has 0 aliphatic rings. The van der Waals surface area contributed by atoms with E-state index in [-0.39, 0.29) is 12.5 Å². The topological polar surface area (TPSA) is 57.0 Å². The number of ether oxygens (including phenoxy) is 1. The first-order chi connectivity index (χ1) is 6.76. The standard InChI is InChI=1S/C9H15N3O2/c1-3-5-8-6-12(11-10-8)7-9(13)14-4-2/h6H,3-5,7H2,1-2H3. The minimum atomic E-state index is -0.277. The number of aryl methyl sites for hydroxylation is 1. The van der Waals surface area contributed by atoms with Gasteiger partial charge in [0.15, 0.2) is 0 Å². The number of nitrogens with zero attached hydrogens (tertiary/aromatic N) is 3. The van der Waals surface area contributed by atoms with Crippen molar-refractivity contribution in [3.63, 3.8) is 0 Å². The Morgan fingerprint density at radius 2 is 2.36 bits per heavy atom. The molecule has 5 heteroatoms. The van der Waals surface area contributed by atoms with Gasteiger partial charge in [0, 0.05) is 6.20 Å². The van der Waals surface area contributed by atoms with Gasteiger partial charge in [-0.25, -0.2) is 4.68 Å². The monoisotopic (exact) mass is 197 g/mol. The first-order valence-electron chi connectivity index (χ1n) is 4.80. The van der Waals surface area contributed by atoms with Crippen molar-refractivity contribution in [3.05, 3.63) is 11.9 Å². The van der Waals surface area contributed by atoms with Crippen LogP contribution in [0.25, 0.3) is 0 Å². The summed E-state index contributed by atoms with van der Waals surface area (Å²) in [6.45, 7) is 4.39. The maximum absolute atomic E-state index is 11.1. The molecule has 0 saturated carbocycles. The van der Waals surface area contributed by atoms with Crippen molar-refractivity contribution in [3.8, 4) is 0 Å². The summed E-state index contributed by atoms with van der Waals surface area (Å²) in [5, 5.41) is 7.75. The number of carbonyl (C=O) groups is 1. The van der Waals surface area contributed by atoms with Crippen molar-refractivity contribution in [1.82, 2.24) is 15.0 Å². The van der Waals surface area contributed by atoms with Gasteiger partial charge in [-0.15, -0.1) is 5.10 Å². The highest BCUT2D eigenvalue weighted by Gasteiger charge is 2.05. The molecule has 0 fully saturated rings. The zero-order valence-electron chi connectivity index (χ0n) is 8.56. The highest BCUT2D eigenvalue weighted by Crippen LogP contribution is 1.97. The molecule has 0 spiro atoms. The molecule has 1 heterocycles. The van der Waals surface area contributed by atoms with Crippen LogP contribution in [0.2, 0.25) is 0 Å². The fourth-order valence-corrected chi connectivity index (χ4v) is 1.13. The Kier molecular flexibility index (Phi) is 4.10. The summed E-state index contributed by atoms with van der Waals surface area (Å²) in [7, 11) is 0. The molecule has 0 radical (unpaired) electrons. The highest BCUT2D eigenvalue weighted by molar-refractivity contribution is 5.68. The first kappa shape index (κ1) is 10.7. The second-order valence-electron chi connectivity index (χ2n) is 2.96. The molecule has 0 N–H and O–H groups in total. The van der Waals surface area contributed by atoms with Crippen LogP contribution in [0.3, 0.4) is 0 Å². The van der Waals surface area contributed by atoms with Gasteiger partial charge in [0.25, 0.3) is 0 Å². The third-order valence-electron chi connectivity index (χ3n) is 1.69. The van der Waals surface area contributed by atoms with Crippen molar-refractivity contribution in [2.45, 2.75) is 33.2 Å². The van der Waals surface area contributed by atoms with Crippen molar-refractivity contribution in [2.24, 2.45) is 0 Å². The van der Waals surface area contributed by atoms with Crippen LogP contribution in [-0.4, -0.2) is 27.6 Å². The van der Waals surface area contributed by atoms with Crippen LogP contribution < -0.4 is 0 Å². The molecule has 0 aliphatic heterocycles. The number of hydrogen-bond donors (Lipinski definition) is 0. The Morgan fingerprint density at radius 3 is 3.00 bits per heavy atom. The second-order valence-corrected chi connectivity index (χ2v) is 2.96. The normalized spacial score (nSPS) is 10.1. The Labute approximate surface area is 83.1 Å². The second kappa shape index (κ2) is 5.36. The maximum atomic E-state index is 11.1. The lowest BCUT2D eigenvalue weighted by Crippen LogP contribution is -2.13. The summed E-state index contributed by atoms with van der Waals surface area (Å²) < 4.78 is 6.29. The van der Waals surface area contributed by atoms with Gasteiger partial charge >= 0.3 is 5.97 Å². The molecule has 0 atom stereocenters. The molecule has 0 bridgehead atoms. The number of aromatic nitrogens is 3. The molecule has 1 aromatic heterocycles. The van der Waals surface area contributed by atoms with E-state index in [1.807, 2.05) is 0 Å². The third-order valence-corrected chi connectivity index (χ3v) is 1.69. The van der Waals surface area contributed by atoms with E-state index in [9.17, 15) is 4.79 Å². The number of hydrogen-bond acceptors (Lipinski definition) is 4. The molecule has 1 aromatic rings. The average Bonchev–Trinajstić information content (AvgIpc) is 2.53. The van der Waals surface area contributed by atoms with E-state index in [0.29, 0.717) is 6.61 Å². The molecular formula is C9H15N3O2. The Bertz CT molecular complexity index is 296. The van der Waals surface area contributed by atoms with Crippen molar-refractivity contribution in [2.75, 3.05) is 6.61 Å². The largest absolute Gasteiger partial charge is 0.465 e. The SMILES string of the molecule is CCCc1cn(CC(=O)OCC)nn1. The molecule has 14 heavy (non-hydrogen) atoms. The minimum Gasteiger partial charge on any atom is -0.465 e. The quantitative estimate of drug-likeness (QED) is 0.655. The number of esters is 1. The van der Waals surface area contributed by atoms with Gasteiger partial charge in [0.2, 0.25) is 0 Å². The molecule has 0 unspecified atom stereocenters. The van der Waals surface area contributed by atoms with Crippen LogP contribution in [0.15, 0.2) is 6.20 Å². The predicted molar refractivity (Wildman–Crippen MR) is 50.7 cm³/mol. The van der Waals surface area contributed by atoms with Crippen LogP contribution in [0.5, 0.6) is 0 Å². The van der Waals surface area contributed by atoms with Gasteiger partial charge in [-0.1, -0.05) is 18.6 Å². The molecule has 1 rings (SSSR count).